The summed E-state index contributed by atoms with van der Waals surface area (Å²) < 4.78 is 0. The van der Waals surface area contributed by atoms with Crippen molar-refractivity contribution in [3.8, 4) is 0 Å². The van der Waals surface area contributed by atoms with Gasteiger partial charge in [-0.15, -0.1) is 0 Å². The lowest BCUT2D eigenvalue weighted by atomic mass is 9.87. The largest absolute Gasteiger partial charge is 0.378 e. The number of aliphatic hydroxyl groups is 1. The Balaban J connectivity index is 1.64. The highest BCUT2D eigenvalue weighted by molar-refractivity contribution is 5.92. The van der Waals surface area contributed by atoms with Crippen LogP contribution in [0.1, 0.15) is 54.7 Å². The van der Waals surface area contributed by atoms with Crippen LogP contribution in [0.4, 0.5) is 5.69 Å². The zero-order chi connectivity index (χ0) is 19.3. The smallest absolute Gasteiger partial charge is 0.224 e. The van der Waals surface area contributed by atoms with Crippen LogP contribution in [0.3, 0.4) is 0 Å². The Kier molecular flexibility index (Phi) is 6.08. The van der Waals surface area contributed by atoms with Crippen molar-refractivity contribution in [2.75, 3.05) is 18.4 Å². The minimum absolute atomic E-state index is 0.0183. The number of hydrogen-bond acceptors (Lipinski definition) is 3. The van der Waals surface area contributed by atoms with Crippen molar-refractivity contribution in [1.82, 2.24) is 4.90 Å². The zero-order valence-electron chi connectivity index (χ0n) is 16.4. The molecule has 1 amide bonds. The van der Waals surface area contributed by atoms with E-state index >= 15 is 0 Å². The second kappa shape index (κ2) is 8.89. The number of rotatable bonds is 5. The first-order valence-electron chi connectivity index (χ1n) is 10.6. The van der Waals surface area contributed by atoms with Gasteiger partial charge in [-0.05, 0) is 54.9 Å². The van der Waals surface area contributed by atoms with Gasteiger partial charge in [0.15, 0.2) is 0 Å². The number of hydrogen-bond donors (Lipinski definition) is 2. The number of aliphatic hydroxyl groups excluding tert-OH is 1. The molecule has 2 aliphatic heterocycles. The summed E-state index contributed by atoms with van der Waals surface area (Å²) in [4.78, 5) is 14.1. The Hall–Kier alpha value is -2.17. The number of amides is 1. The maximum absolute atomic E-state index is 11.9. The summed E-state index contributed by atoms with van der Waals surface area (Å²) in [6, 6.07) is 16.8. The van der Waals surface area contributed by atoms with E-state index in [1.54, 1.807) is 0 Å². The normalized spacial score (nSPS) is 20.0. The first-order valence-corrected chi connectivity index (χ1v) is 10.6. The number of aryl methyl sites for hydroxylation is 1. The second-order valence-electron chi connectivity index (χ2n) is 8.12. The van der Waals surface area contributed by atoms with Gasteiger partial charge >= 0.3 is 0 Å². The summed E-state index contributed by atoms with van der Waals surface area (Å²) in [7, 11) is 0. The van der Waals surface area contributed by atoms with Crippen molar-refractivity contribution in [3.05, 3.63) is 65.2 Å². The van der Waals surface area contributed by atoms with Crippen LogP contribution >= 0.6 is 0 Å². The molecule has 4 nitrogen and oxygen atoms in total. The molecular formula is C24H30N2O2. The SMILES string of the molecule is O=C1CCCc2cc([C@H](Cc3ccccc3)[C@H](O)N3CCCCC3)ccc2N1. The molecule has 0 aliphatic carbocycles. The summed E-state index contributed by atoms with van der Waals surface area (Å²) in [5.74, 6) is 0.116. The van der Waals surface area contributed by atoms with E-state index in [4.69, 9.17) is 0 Å². The molecule has 1 fully saturated rings. The van der Waals surface area contributed by atoms with E-state index in [9.17, 15) is 9.90 Å². The van der Waals surface area contributed by atoms with Crippen molar-refractivity contribution in [2.45, 2.75) is 57.1 Å². The molecule has 28 heavy (non-hydrogen) atoms. The minimum atomic E-state index is -0.487. The van der Waals surface area contributed by atoms with E-state index in [-0.39, 0.29) is 11.8 Å². The molecule has 2 atom stereocenters. The van der Waals surface area contributed by atoms with Gasteiger partial charge in [0.1, 0.15) is 6.23 Å². The van der Waals surface area contributed by atoms with E-state index in [0.717, 1.165) is 56.4 Å². The van der Waals surface area contributed by atoms with Crippen LogP contribution in [0.5, 0.6) is 0 Å². The number of likely N-dealkylation sites (tertiary alicyclic amines) is 1. The summed E-state index contributed by atoms with van der Waals surface area (Å²) in [6.45, 7) is 1.93. The average molecular weight is 379 g/mol. The Morgan fingerprint density at radius 1 is 0.964 bits per heavy atom. The van der Waals surface area contributed by atoms with Gasteiger partial charge < -0.3 is 10.4 Å². The second-order valence-corrected chi connectivity index (χ2v) is 8.12. The van der Waals surface area contributed by atoms with Gasteiger partial charge in [0.25, 0.3) is 0 Å². The monoisotopic (exact) mass is 378 g/mol. The van der Waals surface area contributed by atoms with Crippen molar-refractivity contribution >= 4 is 11.6 Å². The molecule has 2 aliphatic rings. The summed E-state index contributed by atoms with van der Waals surface area (Å²) >= 11 is 0. The predicted molar refractivity (Wildman–Crippen MR) is 112 cm³/mol. The lowest BCUT2D eigenvalue weighted by Gasteiger charge is -2.36. The van der Waals surface area contributed by atoms with E-state index in [1.807, 2.05) is 12.1 Å². The fourth-order valence-corrected chi connectivity index (χ4v) is 4.53. The summed E-state index contributed by atoms with van der Waals surface area (Å²) in [6.07, 6.45) is 6.25. The van der Waals surface area contributed by atoms with Gasteiger partial charge in [0.2, 0.25) is 5.91 Å². The Morgan fingerprint density at radius 3 is 2.54 bits per heavy atom. The molecule has 0 spiro atoms. The standard InChI is InChI=1S/C24H30N2O2/c27-23-11-7-10-20-17-19(12-13-22(20)25-23)21(16-18-8-3-1-4-9-18)24(28)26-14-5-2-6-15-26/h1,3-4,8-9,12-13,17,21,24,28H,2,5-7,10-11,14-16H2,(H,25,27)/t21-,24-/m0/s1. The fourth-order valence-electron chi connectivity index (χ4n) is 4.53. The van der Waals surface area contributed by atoms with Crippen molar-refractivity contribution in [1.29, 1.82) is 0 Å². The maximum atomic E-state index is 11.9. The first kappa shape index (κ1) is 19.2. The molecule has 4 rings (SSSR count). The molecule has 0 radical (unpaired) electrons. The molecule has 2 aromatic rings. The Bertz CT molecular complexity index is 800. The number of carbonyl (C=O) groups is 1. The Labute approximate surface area is 167 Å². The van der Waals surface area contributed by atoms with Crippen LogP contribution in [0, 0.1) is 0 Å². The van der Waals surface area contributed by atoms with Gasteiger partial charge in [-0.1, -0.05) is 48.9 Å². The van der Waals surface area contributed by atoms with E-state index in [1.165, 1.54) is 17.5 Å². The van der Waals surface area contributed by atoms with Gasteiger partial charge in [-0.3, -0.25) is 9.69 Å². The number of anilines is 1. The summed E-state index contributed by atoms with van der Waals surface area (Å²) in [5, 5.41) is 14.3. The number of fused-ring (bicyclic) bond motifs is 1. The average Bonchev–Trinajstić information content (AvgIpc) is 2.93. The lowest BCUT2D eigenvalue weighted by Crippen LogP contribution is -2.43. The number of benzene rings is 2. The molecule has 148 valence electrons. The van der Waals surface area contributed by atoms with E-state index in [2.05, 4.69) is 46.6 Å². The summed E-state index contributed by atoms with van der Waals surface area (Å²) in [5.41, 5.74) is 4.52. The lowest BCUT2D eigenvalue weighted by molar-refractivity contribution is -0.116. The fraction of sp³-hybridized carbons (Fsp3) is 0.458. The molecule has 2 heterocycles. The molecule has 2 aromatic carbocycles. The maximum Gasteiger partial charge on any atom is 0.224 e. The first-order chi connectivity index (χ1) is 13.7. The van der Waals surface area contributed by atoms with Gasteiger partial charge in [0, 0.05) is 31.1 Å². The third-order valence-electron chi connectivity index (χ3n) is 6.10. The predicted octanol–water partition coefficient (Wildman–Crippen LogP) is 4.09. The highest BCUT2D eigenvalue weighted by atomic mass is 16.3. The van der Waals surface area contributed by atoms with E-state index in [0.29, 0.717) is 6.42 Å². The molecule has 0 unspecified atom stereocenters. The van der Waals surface area contributed by atoms with Crippen LogP contribution < -0.4 is 5.32 Å². The van der Waals surface area contributed by atoms with Crippen LogP contribution in [-0.4, -0.2) is 35.2 Å². The minimum Gasteiger partial charge on any atom is -0.378 e. The van der Waals surface area contributed by atoms with Crippen LogP contribution in [-0.2, 0) is 17.6 Å². The van der Waals surface area contributed by atoms with Crippen LogP contribution in [0.25, 0.3) is 0 Å². The number of nitrogens with one attached hydrogen (secondary N) is 1. The molecule has 2 N–H and O–H groups in total. The highest BCUT2D eigenvalue weighted by Crippen LogP contribution is 2.32. The molecule has 1 saturated heterocycles. The van der Waals surface area contributed by atoms with Gasteiger partial charge in [-0.25, -0.2) is 0 Å². The van der Waals surface area contributed by atoms with Crippen LogP contribution in [0.15, 0.2) is 48.5 Å². The van der Waals surface area contributed by atoms with E-state index < -0.39 is 6.23 Å². The highest BCUT2D eigenvalue weighted by Gasteiger charge is 2.29. The topological polar surface area (TPSA) is 52.6 Å². The third-order valence-corrected chi connectivity index (χ3v) is 6.10. The van der Waals surface area contributed by atoms with Crippen LogP contribution in [0.2, 0.25) is 0 Å². The molecule has 0 aromatic heterocycles. The number of piperidine rings is 1. The van der Waals surface area contributed by atoms with Gasteiger partial charge in [-0.2, -0.15) is 0 Å². The molecule has 4 heteroatoms. The quantitative estimate of drug-likeness (QED) is 0.824. The van der Waals surface area contributed by atoms with Crippen molar-refractivity contribution in [2.24, 2.45) is 0 Å². The molecule has 0 saturated carbocycles. The zero-order valence-corrected chi connectivity index (χ0v) is 16.4. The number of carbonyl (C=O) groups excluding carboxylic acids is 1. The third kappa shape index (κ3) is 4.45. The Morgan fingerprint density at radius 2 is 1.75 bits per heavy atom. The molecule has 0 bridgehead atoms. The number of nitrogens with zero attached hydrogens (tertiary/aromatic N) is 1. The van der Waals surface area contributed by atoms with Crippen molar-refractivity contribution in [3.63, 3.8) is 0 Å². The van der Waals surface area contributed by atoms with Crippen molar-refractivity contribution < 1.29 is 9.90 Å². The van der Waals surface area contributed by atoms with Gasteiger partial charge in [0.05, 0.1) is 0 Å². The molecular weight excluding hydrogens is 348 g/mol.